The average Bonchev–Trinajstić information content (AvgIpc) is 2.69. The first-order chi connectivity index (χ1) is 13.2. The van der Waals surface area contributed by atoms with E-state index in [4.69, 9.17) is 0 Å². The number of hydrogen-bond acceptors (Lipinski definition) is 3. The van der Waals surface area contributed by atoms with E-state index in [1.54, 1.807) is 0 Å². The molecule has 3 fully saturated rings. The molecule has 1 aromatic carbocycles. The zero-order chi connectivity index (χ0) is 18.4. The maximum Gasteiger partial charge on any atom is 0.115 e. The van der Waals surface area contributed by atoms with Gasteiger partial charge in [-0.1, -0.05) is 18.9 Å². The van der Waals surface area contributed by atoms with Crippen molar-refractivity contribution >= 4 is 0 Å². The molecule has 148 valence electrons. The summed E-state index contributed by atoms with van der Waals surface area (Å²) in [6.07, 6.45) is 12.2. The molecular formula is C24H36N2O. The van der Waals surface area contributed by atoms with Crippen LogP contribution in [0.4, 0.5) is 0 Å². The molecule has 0 aromatic heterocycles. The molecule has 3 heteroatoms. The summed E-state index contributed by atoms with van der Waals surface area (Å²) in [5.41, 5.74) is 3.40. The number of fused-ring (bicyclic) bond motifs is 1. The van der Waals surface area contributed by atoms with E-state index in [-0.39, 0.29) is 0 Å². The normalized spacial score (nSPS) is 34.9. The standard InChI is InChI=1S/C24H36N2O/c1-25-12-7-18(8-13-25)9-14-26-15-11-24-10-3-2-4-21(24)23(26)16-19-5-6-20(27)17-22(19)24/h5-6,17-18,21,23,27H,2-4,7-16H2,1H3/t21-,23+,24-/m0/s1. The van der Waals surface area contributed by atoms with Crippen LogP contribution in [0.2, 0.25) is 0 Å². The Morgan fingerprint density at radius 3 is 2.78 bits per heavy atom. The minimum absolute atomic E-state index is 0.360. The van der Waals surface area contributed by atoms with Crippen molar-refractivity contribution in [3.8, 4) is 5.75 Å². The Bertz CT molecular complexity index is 681. The van der Waals surface area contributed by atoms with Crippen molar-refractivity contribution in [3.05, 3.63) is 29.3 Å². The Hall–Kier alpha value is -1.06. The molecule has 27 heavy (non-hydrogen) atoms. The number of hydrogen-bond donors (Lipinski definition) is 1. The van der Waals surface area contributed by atoms with Crippen LogP contribution in [-0.4, -0.2) is 54.2 Å². The molecule has 2 aliphatic carbocycles. The summed E-state index contributed by atoms with van der Waals surface area (Å²) in [5.74, 6) is 2.22. The van der Waals surface area contributed by atoms with Gasteiger partial charge in [0.25, 0.3) is 0 Å². The van der Waals surface area contributed by atoms with Gasteiger partial charge in [-0.3, -0.25) is 4.90 Å². The zero-order valence-corrected chi connectivity index (χ0v) is 17.0. The summed E-state index contributed by atoms with van der Waals surface area (Å²) in [6, 6.07) is 7.00. The van der Waals surface area contributed by atoms with Gasteiger partial charge in [0.1, 0.15) is 5.75 Å². The fourth-order valence-electron chi connectivity index (χ4n) is 7.05. The van der Waals surface area contributed by atoms with Gasteiger partial charge in [0.2, 0.25) is 0 Å². The minimum atomic E-state index is 0.360. The van der Waals surface area contributed by atoms with Gasteiger partial charge in [0.15, 0.2) is 0 Å². The van der Waals surface area contributed by atoms with Crippen LogP contribution in [0.5, 0.6) is 5.75 Å². The molecule has 3 atom stereocenters. The van der Waals surface area contributed by atoms with Gasteiger partial charge >= 0.3 is 0 Å². The molecule has 1 N–H and O–H groups in total. The number of likely N-dealkylation sites (tertiary alicyclic amines) is 2. The summed E-state index contributed by atoms with van der Waals surface area (Å²) in [7, 11) is 2.26. The van der Waals surface area contributed by atoms with E-state index < -0.39 is 0 Å². The Labute approximate surface area is 164 Å². The minimum Gasteiger partial charge on any atom is -0.508 e. The molecule has 0 amide bonds. The maximum absolute atomic E-state index is 10.2. The van der Waals surface area contributed by atoms with E-state index in [1.807, 2.05) is 6.07 Å². The molecule has 1 saturated carbocycles. The second kappa shape index (κ2) is 7.08. The lowest BCUT2D eigenvalue weighted by atomic mass is 9.52. The number of phenolic OH excluding ortho intramolecular Hbond substituents is 1. The monoisotopic (exact) mass is 368 g/mol. The van der Waals surface area contributed by atoms with Crippen molar-refractivity contribution in [1.82, 2.24) is 9.80 Å². The molecule has 4 aliphatic rings. The summed E-state index contributed by atoms with van der Waals surface area (Å²) in [4.78, 5) is 5.36. The lowest BCUT2D eigenvalue weighted by Crippen LogP contribution is -2.61. The summed E-state index contributed by atoms with van der Waals surface area (Å²) >= 11 is 0. The zero-order valence-electron chi connectivity index (χ0n) is 17.0. The van der Waals surface area contributed by atoms with Crippen molar-refractivity contribution in [1.29, 1.82) is 0 Å². The van der Waals surface area contributed by atoms with Crippen LogP contribution in [0.15, 0.2) is 18.2 Å². The second-order valence-electron chi connectivity index (χ2n) is 9.94. The van der Waals surface area contributed by atoms with Crippen LogP contribution in [0.3, 0.4) is 0 Å². The van der Waals surface area contributed by atoms with Gasteiger partial charge in [-0.05, 0) is 113 Å². The lowest BCUT2D eigenvalue weighted by molar-refractivity contribution is -0.0146. The van der Waals surface area contributed by atoms with E-state index in [0.717, 1.165) is 17.9 Å². The average molecular weight is 369 g/mol. The van der Waals surface area contributed by atoms with Crippen LogP contribution in [-0.2, 0) is 11.8 Å². The maximum atomic E-state index is 10.2. The van der Waals surface area contributed by atoms with Gasteiger partial charge in [-0.25, -0.2) is 0 Å². The van der Waals surface area contributed by atoms with Gasteiger partial charge < -0.3 is 10.0 Å². The van der Waals surface area contributed by atoms with Crippen LogP contribution in [0.1, 0.15) is 62.5 Å². The van der Waals surface area contributed by atoms with Gasteiger partial charge in [0.05, 0.1) is 0 Å². The molecule has 1 aromatic rings. The largest absolute Gasteiger partial charge is 0.508 e. The number of benzene rings is 1. The van der Waals surface area contributed by atoms with Crippen LogP contribution >= 0.6 is 0 Å². The quantitative estimate of drug-likeness (QED) is 0.867. The Balaban J connectivity index is 1.36. The molecule has 0 unspecified atom stereocenters. The predicted molar refractivity (Wildman–Crippen MR) is 110 cm³/mol. The van der Waals surface area contributed by atoms with E-state index in [1.165, 1.54) is 95.1 Å². The Morgan fingerprint density at radius 2 is 1.93 bits per heavy atom. The molecule has 2 bridgehead atoms. The molecule has 5 rings (SSSR count). The first-order valence-corrected chi connectivity index (χ1v) is 11.4. The third kappa shape index (κ3) is 3.11. The van der Waals surface area contributed by atoms with Gasteiger partial charge in [-0.15, -0.1) is 0 Å². The molecule has 0 radical (unpaired) electrons. The summed E-state index contributed by atoms with van der Waals surface area (Å²) < 4.78 is 0. The first kappa shape index (κ1) is 18.0. The highest BCUT2D eigenvalue weighted by Crippen LogP contribution is 2.56. The molecule has 2 aliphatic heterocycles. The van der Waals surface area contributed by atoms with Crippen LogP contribution in [0.25, 0.3) is 0 Å². The van der Waals surface area contributed by atoms with Crippen LogP contribution in [0, 0.1) is 11.8 Å². The fourth-order valence-corrected chi connectivity index (χ4v) is 7.05. The molecule has 3 nitrogen and oxygen atoms in total. The molecular weight excluding hydrogens is 332 g/mol. The Kier molecular flexibility index (Phi) is 4.72. The third-order valence-electron chi connectivity index (χ3n) is 8.60. The summed E-state index contributed by atoms with van der Waals surface area (Å²) in [5, 5.41) is 10.2. The SMILES string of the molecule is CN1CCC(CCN2CC[C@@]34CCCC[C@H]3[C@H]2Cc2ccc(O)cc24)CC1. The Morgan fingerprint density at radius 1 is 1.07 bits per heavy atom. The second-order valence-corrected chi connectivity index (χ2v) is 9.94. The molecule has 2 heterocycles. The summed E-state index contributed by atoms with van der Waals surface area (Å²) in [6.45, 7) is 5.15. The van der Waals surface area contributed by atoms with E-state index in [0.29, 0.717) is 11.2 Å². The van der Waals surface area contributed by atoms with Crippen molar-refractivity contribution in [2.45, 2.75) is 69.2 Å². The first-order valence-electron chi connectivity index (χ1n) is 11.4. The van der Waals surface area contributed by atoms with Gasteiger partial charge in [0, 0.05) is 11.5 Å². The number of piperidine rings is 2. The highest BCUT2D eigenvalue weighted by molar-refractivity contribution is 5.45. The number of aromatic hydroxyl groups is 1. The van der Waals surface area contributed by atoms with Crippen molar-refractivity contribution < 1.29 is 5.11 Å². The van der Waals surface area contributed by atoms with E-state index in [2.05, 4.69) is 29.0 Å². The van der Waals surface area contributed by atoms with Crippen molar-refractivity contribution in [3.63, 3.8) is 0 Å². The van der Waals surface area contributed by atoms with Crippen molar-refractivity contribution in [2.24, 2.45) is 11.8 Å². The lowest BCUT2D eigenvalue weighted by Gasteiger charge is -2.59. The van der Waals surface area contributed by atoms with Crippen LogP contribution < -0.4 is 0 Å². The predicted octanol–water partition coefficient (Wildman–Crippen LogP) is 4.18. The highest BCUT2D eigenvalue weighted by atomic mass is 16.3. The van der Waals surface area contributed by atoms with Crippen molar-refractivity contribution in [2.75, 3.05) is 33.2 Å². The van der Waals surface area contributed by atoms with E-state index >= 15 is 0 Å². The third-order valence-corrected chi connectivity index (χ3v) is 8.60. The molecule has 2 saturated heterocycles. The topological polar surface area (TPSA) is 26.7 Å². The van der Waals surface area contributed by atoms with Gasteiger partial charge in [-0.2, -0.15) is 0 Å². The number of phenols is 1. The highest BCUT2D eigenvalue weighted by Gasteiger charge is 2.53. The fraction of sp³-hybridized carbons (Fsp3) is 0.750. The molecule has 0 spiro atoms. The number of nitrogens with zero attached hydrogens (tertiary/aromatic N) is 2. The van der Waals surface area contributed by atoms with E-state index in [9.17, 15) is 5.11 Å². The number of rotatable bonds is 3. The smallest absolute Gasteiger partial charge is 0.115 e.